The normalized spacial score (nSPS) is 16.9. The lowest BCUT2D eigenvalue weighted by molar-refractivity contribution is -0.121. The van der Waals surface area contributed by atoms with E-state index in [4.69, 9.17) is 0 Å². The Kier molecular flexibility index (Phi) is 6.19. The van der Waals surface area contributed by atoms with Crippen molar-refractivity contribution in [3.8, 4) is 0 Å². The van der Waals surface area contributed by atoms with Crippen molar-refractivity contribution in [3.63, 3.8) is 0 Å². The summed E-state index contributed by atoms with van der Waals surface area (Å²) in [5, 5.41) is 2.39. The van der Waals surface area contributed by atoms with Crippen LogP contribution in [0.1, 0.15) is 18.1 Å². The van der Waals surface area contributed by atoms with Gasteiger partial charge in [0.1, 0.15) is 17.3 Å². The number of rotatable bonds is 5. The zero-order chi connectivity index (χ0) is 19.4. The summed E-state index contributed by atoms with van der Waals surface area (Å²) in [5.74, 6) is -1.93. The number of carbonyl (C=O) groups excluding carboxylic acids is 1. The average molecular weight is 373 g/mol. The van der Waals surface area contributed by atoms with Crippen LogP contribution >= 0.6 is 0 Å². The minimum absolute atomic E-state index is 0.382. The summed E-state index contributed by atoms with van der Waals surface area (Å²) < 4.78 is 27.5. The summed E-state index contributed by atoms with van der Waals surface area (Å²) in [6.45, 7) is 7.94. The second-order valence-corrected chi connectivity index (χ2v) is 7.00. The van der Waals surface area contributed by atoms with E-state index in [1.54, 1.807) is 6.92 Å². The first-order chi connectivity index (χ1) is 13.0. The molecule has 144 valence electrons. The van der Waals surface area contributed by atoms with Crippen LogP contribution in [-0.4, -0.2) is 47.9 Å². The lowest BCUT2D eigenvalue weighted by Gasteiger charge is -2.37. The Labute approximate surface area is 158 Å². The van der Waals surface area contributed by atoms with Crippen molar-refractivity contribution >= 4 is 11.6 Å². The summed E-state index contributed by atoms with van der Waals surface area (Å²) in [6, 6.07) is 11.4. The number of aryl methyl sites for hydroxylation is 1. The van der Waals surface area contributed by atoms with Crippen LogP contribution in [-0.2, 0) is 11.3 Å². The van der Waals surface area contributed by atoms with Crippen molar-refractivity contribution in [1.82, 2.24) is 9.80 Å². The van der Waals surface area contributed by atoms with Crippen LogP contribution in [0.5, 0.6) is 0 Å². The van der Waals surface area contributed by atoms with Gasteiger partial charge in [0.15, 0.2) is 0 Å². The molecule has 1 atom stereocenters. The molecule has 0 bridgehead atoms. The number of anilines is 1. The number of amides is 1. The van der Waals surface area contributed by atoms with Crippen LogP contribution in [0.25, 0.3) is 0 Å². The van der Waals surface area contributed by atoms with Crippen molar-refractivity contribution in [2.45, 2.75) is 26.4 Å². The van der Waals surface area contributed by atoms with Gasteiger partial charge in [-0.3, -0.25) is 14.6 Å². The smallest absolute Gasteiger partial charge is 0.241 e. The lowest BCUT2D eigenvalue weighted by Crippen LogP contribution is -2.52. The van der Waals surface area contributed by atoms with Crippen molar-refractivity contribution < 1.29 is 13.6 Å². The third-order valence-corrected chi connectivity index (χ3v) is 5.20. The fourth-order valence-corrected chi connectivity index (χ4v) is 3.35. The van der Waals surface area contributed by atoms with Gasteiger partial charge in [-0.05, 0) is 37.1 Å². The fraction of sp³-hybridized carbons (Fsp3) is 0.381. The summed E-state index contributed by atoms with van der Waals surface area (Å²) in [6.07, 6.45) is 0. The molecule has 4 nitrogen and oxygen atoms in total. The molecule has 1 saturated heterocycles. The molecule has 1 heterocycles. The maximum atomic E-state index is 13.7. The quantitative estimate of drug-likeness (QED) is 0.872. The van der Waals surface area contributed by atoms with Gasteiger partial charge in [0.05, 0.1) is 6.04 Å². The van der Waals surface area contributed by atoms with Crippen molar-refractivity contribution in [1.29, 1.82) is 0 Å². The first-order valence-electron chi connectivity index (χ1n) is 9.21. The number of nitrogens with zero attached hydrogens (tertiary/aromatic N) is 2. The van der Waals surface area contributed by atoms with Gasteiger partial charge in [0.25, 0.3) is 0 Å². The maximum absolute atomic E-state index is 13.7. The van der Waals surface area contributed by atoms with Gasteiger partial charge >= 0.3 is 0 Å². The Morgan fingerprint density at radius 2 is 1.67 bits per heavy atom. The molecule has 1 fully saturated rings. The van der Waals surface area contributed by atoms with Gasteiger partial charge in [-0.1, -0.05) is 30.3 Å². The standard InChI is InChI=1S/C21H25F2N3O/c1-15-6-3-4-7-17(15)14-25-10-12-26(13-11-25)16(2)21(27)24-20-18(22)8-5-9-19(20)23/h3-9,16H,10-14H2,1-2H3,(H,24,27)/t16-/m1/s1. The molecule has 0 unspecified atom stereocenters. The molecule has 6 heteroatoms. The number of benzene rings is 2. The number of halogens is 2. The number of hydrogen-bond donors (Lipinski definition) is 1. The van der Waals surface area contributed by atoms with Crippen LogP contribution in [0.15, 0.2) is 42.5 Å². The Morgan fingerprint density at radius 1 is 1.04 bits per heavy atom. The fourth-order valence-electron chi connectivity index (χ4n) is 3.35. The molecule has 3 rings (SSSR count). The van der Waals surface area contributed by atoms with Gasteiger partial charge in [-0.15, -0.1) is 0 Å². The zero-order valence-corrected chi connectivity index (χ0v) is 15.7. The second kappa shape index (κ2) is 8.59. The Hall–Kier alpha value is -2.31. The predicted molar refractivity (Wildman–Crippen MR) is 102 cm³/mol. The number of piperazine rings is 1. The maximum Gasteiger partial charge on any atom is 0.241 e. The van der Waals surface area contributed by atoms with Crippen LogP contribution in [0, 0.1) is 18.6 Å². The predicted octanol–water partition coefficient (Wildman–Crippen LogP) is 3.42. The van der Waals surface area contributed by atoms with Gasteiger partial charge in [0.2, 0.25) is 5.91 Å². The van der Waals surface area contributed by atoms with Crippen molar-refractivity contribution in [2.75, 3.05) is 31.5 Å². The van der Waals surface area contributed by atoms with Crippen LogP contribution in [0.4, 0.5) is 14.5 Å². The molecular formula is C21H25F2N3O. The second-order valence-electron chi connectivity index (χ2n) is 7.00. The first-order valence-corrected chi connectivity index (χ1v) is 9.21. The van der Waals surface area contributed by atoms with E-state index < -0.39 is 23.6 Å². The number of para-hydroxylation sites is 1. The monoisotopic (exact) mass is 373 g/mol. The molecule has 0 saturated carbocycles. The highest BCUT2D eigenvalue weighted by molar-refractivity contribution is 5.94. The van der Waals surface area contributed by atoms with E-state index in [0.29, 0.717) is 0 Å². The molecule has 1 N–H and O–H groups in total. The highest BCUT2D eigenvalue weighted by Gasteiger charge is 2.26. The van der Waals surface area contributed by atoms with Gasteiger partial charge in [-0.25, -0.2) is 8.78 Å². The molecule has 0 spiro atoms. The third-order valence-electron chi connectivity index (χ3n) is 5.20. The van der Waals surface area contributed by atoms with Crippen LogP contribution in [0.2, 0.25) is 0 Å². The van der Waals surface area contributed by atoms with E-state index in [1.807, 2.05) is 17.0 Å². The molecule has 0 aliphatic carbocycles. The van der Waals surface area contributed by atoms with E-state index >= 15 is 0 Å². The molecule has 2 aromatic rings. The Bertz CT molecular complexity index is 784. The summed E-state index contributed by atoms with van der Waals surface area (Å²) >= 11 is 0. The zero-order valence-electron chi connectivity index (χ0n) is 15.7. The van der Waals surface area contributed by atoms with Crippen LogP contribution < -0.4 is 5.32 Å². The molecule has 0 aromatic heterocycles. The lowest BCUT2D eigenvalue weighted by atomic mass is 10.1. The molecule has 1 aliphatic heterocycles. The number of nitrogens with one attached hydrogen (secondary N) is 1. The summed E-state index contributed by atoms with van der Waals surface area (Å²) in [7, 11) is 0. The highest BCUT2D eigenvalue weighted by atomic mass is 19.1. The minimum Gasteiger partial charge on any atom is -0.320 e. The van der Waals surface area contributed by atoms with Crippen molar-refractivity contribution in [3.05, 3.63) is 65.2 Å². The van der Waals surface area contributed by atoms with Crippen LogP contribution in [0.3, 0.4) is 0 Å². The molecule has 2 aromatic carbocycles. The summed E-state index contributed by atoms with van der Waals surface area (Å²) in [4.78, 5) is 16.8. The van der Waals surface area contributed by atoms with Gasteiger partial charge in [-0.2, -0.15) is 0 Å². The first kappa shape index (κ1) is 19.5. The third kappa shape index (κ3) is 4.70. The van der Waals surface area contributed by atoms with E-state index in [1.165, 1.54) is 17.2 Å². The SMILES string of the molecule is Cc1ccccc1CN1CCN([C@H](C)C(=O)Nc2c(F)cccc2F)CC1. The Morgan fingerprint density at radius 3 is 2.30 bits per heavy atom. The molecule has 0 radical (unpaired) electrons. The minimum atomic E-state index is -0.765. The molecule has 27 heavy (non-hydrogen) atoms. The number of carbonyl (C=O) groups is 1. The average Bonchev–Trinajstić information content (AvgIpc) is 2.66. The van der Waals surface area contributed by atoms with E-state index in [2.05, 4.69) is 29.3 Å². The molecular weight excluding hydrogens is 348 g/mol. The van der Waals surface area contributed by atoms with E-state index in [-0.39, 0.29) is 5.69 Å². The topological polar surface area (TPSA) is 35.6 Å². The molecule has 1 amide bonds. The van der Waals surface area contributed by atoms with Gasteiger partial charge < -0.3 is 5.32 Å². The van der Waals surface area contributed by atoms with Gasteiger partial charge in [0, 0.05) is 32.7 Å². The number of hydrogen-bond acceptors (Lipinski definition) is 3. The summed E-state index contributed by atoms with van der Waals surface area (Å²) in [5.41, 5.74) is 2.21. The van der Waals surface area contributed by atoms with E-state index in [9.17, 15) is 13.6 Å². The van der Waals surface area contributed by atoms with Crippen molar-refractivity contribution in [2.24, 2.45) is 0 Å². The van der Waals surface area contributed by atoms with E-state index in [0.717, 1.165) is 44.9 Å². The molecule has 1 aliphatic rings. The Balaban J connectivity index is 1.54. The highest BCUT2D eigenvalue weighted by Crippen LogP contribution is 2.19. The largest absolute Gasteiger partial charge is 0.320 e.